The molecule has 0 aliphatic carbocycles. The zero-order chi connectivity index (χ0) is 22.9. The smallest absolute Gasteiger partial charge is 0.260 e. The first-order valence-corrected chi connectivity index (χ1v) is 11.2. The molecule has 0 aromatic carbocycles. The van der Waals surface area contributed by atoms with Crippen LogP contribution in [0.25, 0.3) is 4.91 Å². The summed E-state index contributed by atoms with van der Waals surface area (Å²) >= 11 is 1.37. The number of fused-ring (bicyclic) bond motifs is 1. The van der Waals surface area contributed by atoms with E-state index in [0.717, 1.165) is 10.5 Å². The van der Waals surface area contributed by atoms with E-state index in [4.69, 9.17) is 10.1 Å². The highest BCUT2D eigenvalue weighted by Crippen LogP contribution is 2.40. The highest BCUT2D eigenvalue weighted by Gasteiger charge is 2.32. The summed E-state index contributed by atoms with van der Waals surface area (Å²) in [5.74, 6) is -0.568. The van der Waals surface area contributed by atoms with Crippen LogP contribution in [0.15, 0.2) is 41.5 Å². The number of amides is 2. The lowest BCUT2D eigenvalue weighted by Gasteiger charge is -2.26. The normalized spacial score (nSPS) is 20.7. The number of aryl methyl sites for hydroxylation is 1. The summed E-state index contributed by atoms with van der Waals surface area (Å²) in [6.07, 6.45) is 6.91. The van der Waals surface area contributed by atoms with Gasteiger partial charge in [0.2, 0.25) is 5.91 Å². The number of anilines is 2. The van der Waals surface area contributed by atoms with E-state index >= 15 is 0 Å². The Morgan fingerprint density at radius 3 is 2.91 bits per heavy atom. The lowest BCUT2D eigenvalue weighted by atomic mass is 10.0. The first kappa shape index (κ1) is 21.4. The van der Waals surface area contributed by atoms with Crippen molar-refractivity contribution in [2.45, 2.75) is 0 Å². The van der Waals surface area contributed by atoms with E-state index in [-0.39, 0.29) is 23.7 Å². The molecule has 2 aromatic heterocycles. The fourth-order valence-electron chi connectivity index (χ4n) is 3.74. The maximum atomic E-state index is 12.9. The number of carbonyl (C=O) groups is 2. The van der Waals surface area contributed by atoms with E-state index in [1.54, 1.807) is 23.1 Å². The van der Waals surface area contributed by atoms with Crippen molar-refractivity contribution in [2.24, 2.45) is 7.05 Å². The molecule has 0 unspecified atom stereocenters. The number of aromatic nitrogens is 3. The standard InChI is InChI=1S/C21H22N8O3S/c1-28-10-12(7-25-28)15-9-24-21(33-15)17-18(22)19-14(27-20(17)31)6-13(8-23-19)26-16(30)11-29-2-4-32-5-3-29/h6-10,22,24H,2-5,11H2,1H3,(H,26,30)(H,27,31)/b21-17-,22-18?. The second kappa shape index (κ2) is 8.81. The van der Waals surface area contributed by atoms with E-state index in [2.05, 4.69) is 26.0 Å². The fraction of sp³-hybridized carbons (Fsp3) is 0.286. The molecule has 3 aliphatic heterocycles. The molecule has 0 bridgehead atoms. The number of pyridine rings is 1. The number of carbonyl (C=O) groups excluding carboxylic acids is 2. The van der Waals surface area contributed by atoms with Gasteiger partial charge in [0.25, 0.3) is 5.91 Å². The minimum Gasteiger partial charge on any atom is -0.379 e. The Labute approximate surface area is 193 Å². The molecule has 5 heterocycles. The number of rotatable bonds is 4. The van der Waals surface area contributed by atoms with Gasteiger partial charge in [0.1, 0.15) is 5.69 Å². The molecule has 12 heteroatoms. The van der Waals surface area contributed by atoms with Crippen LogP contribution in [0.5, 0.6) is 0 Å². The topological polar surface area (TPSA) is 137 Å². The Kier molecular flexibility index (Phi) is 5.70. The molecule has 1 fully saturated rings. The summed E-state index contributed by atoms with van der Waals surface area (Å²) in [4.78, 5) is 32.5. The molecule has 4 N–H and O–H groups in total. The minimum atomic E-state index is -0.401. The Morgan fingerprint density at radius 1 is 1.33 bits per heavy atom. The van der Waals surface area contributed by atoms with Crippen LogP contribution in [-0.2, 0) is 21.4 Å². The maximum absolute atomic E-state index is 12.9. The molecule has 170 valence electrons. The van der Waals surface area contributed by atoms with Crippen molar-refractivity contribution in [3.8, 4) is 0 Å². The largest absolute Gasteiger partial charge is 0.379 e. The summed E-state index contributed by atoms with van der Waals surface area (Å²) in [5, 5.41) is 22.0. The van der Waals surface area contributed by atoms with Crippen LogP contribution >= 0.6 is 11.8 Å². The van der Waals surface area contributed by atoms with Gasteiger partial charge >= 0.3 is 0 Å². The molecule has 1 saturated heterocycles. The molecule has 11 nitrogen and oxygen atoms in total. The monoisotopic (exact) mass is 466 g/mol. The van der Waals surface area contributed by atoms with Crippen LogP contribution in [0.2, 0.25) is 0 Å². The van der Waals surface area contributed by atoms with Crippen molar-refractivity contribution in [3.63, 3.8) is 0 Å². The molecular weight excluding hydrogens is 444 g/mol. The van der Waals surface area contributed by atoms with Gasteiger partial charge < -0.3 is 20.7 Å². The predicted octanol–water partition coefficient (Wildman–Crippen LogP) is 0.952. The Hall–Kier alpha value is -3.48. The van der Waals surface area contributed by atoms with Crippen molar-refractivity contribution >= 4 is 45.6 Å². The van der Waals surface area contributed by atoms with Crippen LogP contribution in [0.1, 0.15) is 11.3 Å². The Balaban J connectivity index is 1.30. The summed E-state index contributed by atoms with van der Waals surface area (Å²) in [6.45, 7) is 2.92. The van der Waals surface area contributed by atoms with Crippen LogP contribution in [-0.4, -0.2) is 70.0 Å². The number of thioether (sulfide) groups is 1. The zero-order valence-electron chi connectivity index (χ0n) is 17.8. The molecule has 2 aromatic rings. The second-order valence-electron chi connectivity index (χ2n) is 7.75. The van der Waals surface area contributed by atoms with Gasteiger partial charge in [-0.2, -0.15) is 5.10 Å². The van der Waals surface area contributed by atoms with Crippen LogP contribution in [0.4, 0.5) is 11.4 Å². The lowest BCUT2D eigenvalue weighted by Crippen LogP contribution is -2.41. The Morgan fingerprint density at radius 2 is 2.15 bits per heavy atom. The summed E-state index contributed by atoms with van der Waals surface area (Å²) in [6, 6.07) is 1.63. The highest BCUT2D eigenvalue weighted by atomic mass is 32.2. The number of morpholine rings is 1. The van der Waals surface area contributed by atoms with Gasteiger partial charge in [0.05, 0.1) is 59.8 Å². The van der Waals surface area contributed by atoms with Gasteiger partial charge in [-0.3, -0.25) is 29.6 Å². The maximum Gasteiger partial charge on any atom is 0.260 e. The number of hydrogen-bond donors (Lipinski definition) is 4. The Bertz CT molecular complexity index is 1210. The quantitative estimate of drug-likeness (QED) is 0.489. The van der Waals surface area contributed by atoms with Gasteiger partial charge in [-0.15, -0.1) is 0 Å². The van der Waals surface area contributed by atoms with E-state index in [9.17, 15) is 9.59 Å². The molecular formula is C21H22N8O3S. The first-order valence-electron chi connectivity index (χ1n) is 10.4. The lowest BCUT2D eigenvalue weighted by molar-refractivity contribution is -0.118. The van der Waals surface area contributed by atoms with Crippen molar-refractivity contribution < 1.29 is 14.3 Å². The zero-order valence-corrected chi connectivity index (χ0v) is 18.7. The van der Waals surface area contributed by atoms with Crippen molar-refractivity contribution in [1.29, 1.82) is 5.41 Å². The molecule has 3 aliphatic rings. The fourth-order valence-corrected chi connectivity index (χ4v) is 4.71. The predicted molar refractivity (Wildman–Crippen MR) is 125 cm³/mol. The van der Waals surface area contributed by atoms with Gasteiger partial charge in [0, 0.05) is 43.0 Å². The molecule has 33 heavy (non-hydrogen) atoms. The summed E-state index contributed by atoms with van der Waals surface area (Å²) < 4.78 is 7.00. The third-order valence-electron chi connectivity index (χ3n) is 5.37. The molecule has 2 amide bonds. The molecule has 0 spiro atoms. The van der Waals surface area contributed by atoms with Gasteiger partial charge in [-0.1, -0.05) is 11.8 Å². The highest BCUT2D eigenvalue weighted by molar-refractivity contribution is 8.12. The number of ether oxygens (including phenoxy) is 1. The first-order chi connectivity index (χ1) is 16.0. The summed E-state index contributed by atoms with van der Waals surface area (Å²) in [7, 11) is 1.84. The molecule has 0 radical (unpaired) electrons. The summed E-state index contributed by atoms with van der Waals surface area (Å²) in [5.41, 5.74) is 2.37. The second-order valence-corrected chi connectivity index (χ2v) is 8.80. The van der Waals surface area contributed by atoms with Crippen LogP contribution < -0.4 is 16.0 Å². The third kappa shape index (κ3) is 4.40. The van der Waals surface area contributed by atoms with Crippen molar-refractivity contribution in [2.75, 3.05) is 43.5 Å². The van der Waals surface area contributed by atoms with E-state index in [1.165, 1.54) is 18.0 Å². The van der Waals surface area contributed by atoms with E-state index in [1.807, 2.05) is 18.1 Å². The van der Waals surface area contributed by atoms with Gasteiger partial charge in [-0.05, 0) is 6.07 Å². The molecule has 0 saturated carbocycles. The molecule has 0 atom stereocenters. The van der Waals surface area contributed by atoms with E-state index in [0.29, 0.717) is 48.4 Å². The minimum absolute atomic E-state index is 0.0239. The van der Waals surface area contributed by atoms with Crippen molar-refractivity contribution in [3.05, 3.63) is 52.7 Å². The van der Waals surface area contributed by atoms with Gasteiger partial charge in [0.15, 0.2) is 0 Å². The van der Waals surface area contributed by atoms with Gasteiger partial charge in [-0.25, -0.2) is 0 Å². The molecule has 5 rings (SSSR count). The number of nitrogens with one attached hydrogen (secondary N) is 4. The van der Waals surface area contributed by atoms with Crippen LogP contribution in [0, 0.1) is 5.41 Å². The van der Waals surface area contributed by atoms with Crippen LogP contribution in [0.3, 0.4) is 0 Å². The third-order valence-corrected chi connectivity index (χ3v) is 6.47. The number of hydrogen-bond acceptors (Lipinski definition) is 9. The van der Waals surface area contributed by atoms with Crippen molar-refractivity contribution in [1.82, 2.24) is 25.0 Å². The number of nitrogens with zero attached hydrogens (tertiary/aromatic N) is 4. The average molecular weight is 467 g/mol. The average Bonchev–Trinajstić information content (AvgIpc) is 3.43. The van der Waals surface area contributed by atoms with E-state index < -0.39 is 5.91 Å². The SMILES string of the molecule is Cn1cc(C2=CN/C(=C3\C(=N)c4ncc(NC(=O)CN5CCOCC5)cc4NC3=O)S2)cn1.